The van der Waals surface area contributed by atoms with Crippen LogP contribution in [0.5, 0.6) is 5.75 Å². The molecule has 138 valence electrons. The van der Waals surface area contributed by atoms with Gasteiger partial charge in [0.15, 0.2) is 6.04 Å². The van der Waals surface area contributed by atoms with E-state index < -0.39 is 23.9 Å². The highest BCUT2D eigenvalue weighted by atomic mass is 19.4. The number of carbonyl (C=O) groups is 1. The lowest BCUT2D eigenvalue weighted by Crippen LogP contribution is -2.38. The summed E-state index contributed by atoms with van der Waals surface area (Å²) in [6, 6.07) is 5.14. The number of methoxy groups -OCH3 is 1. The highest BCUT2D eigenvalue weighted by molar-refractivity contribution is 5.94. The zero-order chi connectivity index (χ0) is 18.9. The molecule has 1 aliphatic heterocycles. The highest BCUT2D eigenvalue weighted by Crippen LogP contribution is 2.37. The highest BCUT2D eigenvalue weighted by Gasteiger charge is 2.43. The smallest absolute Gasteiger partial charge is 0.413 e. The van der Waals surface area contributed by atoms with Crippen molar-refractivity contribution >= 4 is 5.91 Å². The zero-order valence-electron chi connectivity index (χ0n) is 13.8. The van der Waals surface area contributed by atoms with Crippen LogP contribution in [0.2, 0.25) is 0 Å². The Morgan fingerprint density at radius 1 is 1.15 bits per heavy atom. The number of carbonyl (C=O) groups excluding carboxylic acids is 1. The van der Waals surface area contributed by atoms with Crippen molar-refractivity contribution in [2.45, 2.75) is 25.3 Å². The molecule has 0 unspecified atom stereocenters. The zero-order valence-corrected chi connectivity index (χ0v) is 13.8. The van der Waals surface area contributed by atoms with Crippen LogP contribution < -0.4 is 15.4 Å². The largest absolute Gasteiger partial charge is 0.496 e. The molecule has 0 radical (unpaired) electrons. The second kappa shape index (κ2) is 6.95. The molecule has 1 amide bonds. The maximum atomic E-state index is 13.5. The van der Waals surface area contributed by atoms with E-state index in [4.69, 9.17) is 4.74 Å². The van der Waals surface area contributed by atoms with Crippen molar-refractivity contribution in [3.8, 4) is 5.75 Å². The number of ether oxygens (including phenoxy) is 1. The minimum absolute atomic E-state index is 0.128. The van der Waals surface area contributed by atoms with Crippen LogP contribution in [0.4, 0.5) is 17.6 Å². The third-order valence-corrected chi connectivity index (χ3v) is 4.21. The third kappa shape index (κ3) is 3.65. The van der Waals surface area contributed by atoms with Crippen LogP contribution in [-0.4, -0.2) is 19.2 Å². The standard InChI is InChI=1S/C18H16F4N2O2/c1-26-15-7-13(19)4-5-14(15)16(18(20,21)22)24-17(25)10-2-3-11-8-23-9-12(11)6-10/h2-7,16,23H,8-9H2,1H3,(H,24,25)/t16-/m1/s1. The Morgan fingerprint density at radius 2 is 1.88 bits per heavy atom. The summed E-state index contributed by atoms with van der Waals surface area (Å²) in [7, 11) is 1.14. The molecular weight excluding hydrogens is 352 g/mol. The van der Waals surface area contributed by atoms with E-state index in [0.717, 1.165) is 36.4 Å². The number of alkyl halides is 3. The van der Waals surface area contributed by atoms with Crippen molar-refractivity contribution in [1.82, 2.24) is 10.6 Å². The topological polar surface area (TPSA) is 50.4 Å². The lowest BCUT2D eigenvalue weighted by molar-refractivity contribution is -0.155. The first kappa shape index (κ1) is 18.2. The fourth-order valence-corrected chi connectivity index (χ4v) is 2.91. The average Bonchev–Trinajstić information content (AvgIpc) is 3.06. The summed E-state index contributed by atoms with van der Waals surface area (Å²) in [5, 5.41) is 5.09. The molecule has 1 aliphatic rings. The molecule has 1 atom stereocenters. The van der Waals surface area contributed by atoms with Gasteiger partial charge in [-0.3, -0.25) is 4.79 Å². The first-order chi connectivity index (χ1) is 12.3. The molecule has 0 aliphatic carbocycles. The van der Waals surface area contributed by atoms with E-state index in [1.807, 2.05) is 5.32 Å². The number of rotatable bonds is 4. The van der Waals surface area contributed by atoms with Gasteiger partial charge in [0.05, 0.1) is 7.11 Å². The summed E-state index contributed by atoms with van der Waals surface area (Å²) in [4.78, 5) is 12.4. The van der Waals surface area contributed by atoms with E-state index in [9.17, 15) is 22.4 Å². The van der Waals surface area contributed by atoms with E-state index in [-0.39, 0.29) is 16.9 Å². The average molecular weight is 368 g/mol. The lowest BCUT2D eigenvalue weighted by Gasteiger charge is -2.24. The second-order valence-electron chi connectivity index (χ2n) is 5.92. The van der Waals surface area contributed by atoms with Crippen LogP contribution in [0.25, 0.3) is 0 Å². The molecule has 0 fully saturated rings. The van der Waals surface area contributed by atoms with Gasteiger partial charge in [-0.25, -0.2) is 4.39 Å². The van der Waals surface area contributed by atoms with Gasteiger partial charge in [-0.15, -0.1) is 0 Å². The Hall–Kier alpha value is -2.61. The first-order valence-corrected chi connectivity index (χ1v) is 7.83. The normalized spacial score (nSPS) is 14.7. The molecule has 2 aromatic carbocycles. The van der Waals surface area contributed by atoms with E-state index in [1.165, 1.54) is 6.07 Å². The molecule has 0 saturated heterocycles. The fraction of sp³-hybridized carbons (Fsp3) is 0.278. The van der Waals surface area contributed by atoms with Crippen LogP contribution in [-0.2, 0) is 13.1 Å². The number of nitrogens with one attached hydrogen (secondary N) is 2. The number of benzene rings is 2. The number of hydrogen-bond acceptors (Lipinski definition) is 3. The van der Waals surface area contributed by atoms with E-state index >= 15 is 0 Å². The molecule has 2 aromatic rings. The fourth-order valence-electron chi connectivity index (χ4n) is 2.91. The van der Waals surface area contributed by atoms with E-state index in [1.54, 1.807) is 12.1 Å². The number of fused-ring (bicyclic) bond motifs is 1. The Bertz CT molecular complexity index is 836. The minimum atomic E-state index is -4.78. The summed E-state index contributed by atoms with van der Waals surface area (Å²) >= 11 is 0. The van der Waals surface area contributed by atoms with Crippen LogP contribution >= 0.6 is 0 Å². The lowest BCUT2D eigenvalue weighted by atomic mass is 10.0. The molecule has 0 saturated carbocycles. The van der Waals surface area contributed by atoms with Gasteiger partial charge in [0.2, 0.25) is 0 Å². The molecule has 1 heterocycles. The molecule has 0 bridgehead atoms. The van der Waals surface area contributed by atoms with Crippen molar-refractivity contribution in [3.05, 3.63) is 64.5 Å². The van der Waals surface area contributed by atoms with Gasteiger partial charge in [0.25, 0.3) is 5.91 Å². The molecule has 26 heavy (non-hydrogen) atoms. The van der Waals surface area contributed by atoms with Gasteiger partial charge in [0.1, 0.15) is 11.6 Å². The summed E-state index contributed by atoms with van der Waals surface area (Å²) in [6.07, 6.45) is -4.78. The van der Waals surface area contributed by atoms with Gasteiger partial charge in [-0.05, 0) is 35.4 Å². The summed E-state index contributed by atoms with van der Waals surface area (Å²) in [5.41, 5.74) is 1.65. The molecular formula is C18H16F4N2O2. The minimum Gasteiger partial charge on any atom is -0.496 e. The molecule has 0 spiro atoms. The first-order valence-electron chi connectivity index (χ1n) is 7.83. The Kier molecular flexibility index (Phi) is 4.86. The third-order valence-electron chi connectivity index (χ3n) is 4.21. The molecule has 3 rings (SSSR count). The molecule has 8 heteroatoms. The molecule has 0 aromatic heterocycles. The van der Waals surface area contributed by atoms with E-state index in [2.05, 4.69) is 5.32 Å². The van der Waals surface area contributed by atoms with Gasteiger partial charge in [0, 0.05) is 30.3 Å². The van der Waals surface area contributed by atoms with Gasteiger partial charge >= 0.3 is 6.18 Å². The van der Waals surface area contributed by atoms with Gasteiger partial charge in [-0.2, -0.15) is 13.2 Å². The van der Waals surface area contributed by atoms with Crippen LogP contribution in [0, 0.1) is 5.82 Å². The predicted molar refractivity (Wildman–Crippen MR) is 86.2 cm³/mol. The van der Waals surface area contributed by atoms with Crippen LogP contribution in [0.1, 0.15) is 33.1 Å². The predicted octanol–water partition coefficient (Wildman–Crippen LogP) is 3.47. The van der Waals surface area contributed by atoms with Crippen molar-refractivity contribution in [1.29, 1.82) is 0 Å². The van der Waals surface area contributed by atoms with Crippen molar-refractivity contribution in [2.75, 3.05) is 7.11 Å². The number of hydrogen-bond donors (Lipinski definition) is 2. The van der Waals surface area contributed by atoms with E-state index in [0.29, 0.717) is 13.1 Å². The van der Waals surface area contributed by atoms with Gasteiger partial charge < -0.3 is 15.4 Å². The summed E-state index contributed by atoms with van der Waals surface area (Å²) < 4.78 is 58.8. The Morgan fingerprint density at radius 3 is 2.58 bits per heavy atom. The second-order valence-corrected chi connectivity index (χ2v) is 5.92. The Balaban J connectivity index is 1.91. The van der Waals surface area contributed by atoms with Crippen molar-refractivity contribution < 1.29 is 27.1 Å². The number of amides is 1. The molecule has 4 nitrogen and oxygen atoms in total. The van der Waals surface area contributed by atoms with Crippen molar-refractivity contribution in [2.24, 2.45) is 0 Å². The van der Waals surface area contributed by atoms with Crippen molar-refractivity contribution in [3.63, 3.8) is 0 Å². The summed E-state index contributed by atoms with van der Waals surface area (Å²) in [5.74, 6) is -1.89. The maximum absolute atomic E-state index is 13.5. The van der Waals surface area contributed by atoms with Crippen LogP contribution in [0.15, 0.2) is 36.4 Å². The molecule has 2 N–H and O–H groups in total. The number of halogens is 4. The SMILES string of the molecule is COc1cc(F)ccc1[C@@H](NC(=O)c1ccc2c(c1)CNC2)C(F)(F)F. The summed E-state index contributed by atoms with van der Waals surface area (Å²) in [6.45, 7) is 1.22. The maximum Gasteiger partial charge on any atom is 0.413 e. The Labute approximate surface area is 147 Å². The monoisotopic (exact) mass is 368 g/mol. The van der Waals surface area contributed by atoms with Gasteiger partial charge in [-0.1, -0.05) is 6.07 Å². The quantitative estimate of drug-likeness (QED) is 0.813. The van der Waals surface area contributed by atoms with Crippen LogP contribution in [0.3, 0.4) is 0 Å².